The monoisotopic (exact) mass is 342 g/mol. The maximum absolute atomic E-state index is 13.8. The van der Waals surface area contributed by atoms with E-state index in [1.165, 1.54) is 12.1 Å². The van der Waals surface area contributed by atoms with Gasteiger partial charge < -0.3 is 4.74 Å². The van der Waals surface area contributed by atoms with Gasteiger partial charge in [0.1, 0.15) is 0 Å². The average molecular weight is 342 g/mol. The zero-order valence-electron chi connectivity index (χ0n) is 13.7. The lowest BCUT2D eigenvalue weighted by Gasteiger charge is -2.27. The van der Waals surface area contributed by atoms with E-state index in [0.717, 1.165) is 43.7 Å². The van der Waals surface area contributed by atoms with Crippen LogP contribution in [-0.2, 0) is 0 Å². The van der Waals surface area contributed by atoms with Crippen LogP contribution in [0.1, 0.15) is 50.5 Å². The molecule has 2 rings (SSSR count). The van der Waals surface area contributed by atoms with Crippen molar-refractivity contribution in [1.82, 2.24) is 0 Å². The summed E-state index contributed by atoms with van der Waals surface area (Å²) in [7, 11) is 0. The molecule has 1 aromatic carbocycles. The molecule has 1 nitrogen and oxygen atoms in total. The van der Waals surface area contributed by atoms with Crippen LogP contribution in [0.15, 0.2) is 42.5 Å². The van der Waals surface area contributed by atoms with Crippen LogP contribution < -0.4 is 4.74 Å². The number of alkyl halides is 3. The van der Waals surface area contributed by atoms with Gasteiger partial charge in [-0.2, -0.15) is 0 Å². The molecule has 1 aliphatic rings. The summed E-state index contributed by atoms with van der Waals surface area (Å²) < 4.78 is 54.0. The van der Waals surface area contributed by atoms with Gasteiger partial charge in [0.2, 0.25) is 0 Å². The Morgan fingerprint density at radius 3 is 2.42 bits per heavy atom. The predicted octanol–water partition coefficient (Wildman–Crippen LogP) is 6.52. The summed E-state index contributed by atoms with van der Waals surface area (Å²) in [4.78, 5) is 0. The first-order valence-electron chi connectivity index (χ1n) is 8.27. The fraction of sp³-hybridized carbons (Fsp3) is 0.474. The second-order valence-corrected chi connectivity index (χ2v) is 6.07. The summed E-state index contributed by atoms with van der Waals surface area (Å²) in [6.07, 6.45) is 8.36. The third-order valence-electron chi connectivity index (χ3n) is 4.29. The Balaban J connectivity index is 1.93. The Morgan fingerprint density at radius 1 is 1.12 bits per heavy atom. The minimum Gasteiger partial charge on any atom is -0.403 e. The second-order valence-electron chi connectivity index (χ2n) is 6.07. The van der Waals surface area contributed by atoms with Gasteiger partial charge in [-0.25, -0.2) is 4.39 Å². The highest BCUT2D eigenvalue weighted by Crippen LogP contribution is 2.38. The average Bonchev–Trinajstić information content (AvgIpc) is 2.53. The molecular formula is C19H22F4O. The molecule has 5 heteroatoms. The van der Waals surface area contributed by atoms with Crippen molar-refractivity contribution in [2.24, 2.45) is 5.92 Å². The normalized spacial score (nSPS) is 22.4. The van der Waals surface area contributed by atoms with Crippen molar-refractivity contribution in [3.8, 4) is 5.75 Å². The van der Waals surface area contributed by atoms with Crippen molar-refractivity contribution in [3.05, 3.63) is 53.9 Å². The highest BCUT2D eigenvalue weighted by atomic mass is 19.4. The number of halogens is 4. The minimum atomic E-state index is -4.88. The van der Waals surface area contributed by atoms with Gasteiger partial charge in [-0.1, -0.05) is 37.3 Å². The molecular weight excluding hydrogens is 320 g/mol. The molecule has 1 aromatic rings. The Kier molecular flexibility index (Phi) is 6.46. The number of ether oxygens (including phenoxy) is 1. The van der Waals surface area contributed by atoms with E-state index >= 15 is 0 Å². The van der Waals surface area contributed by atoms with Crippen molar-refractivity contribution in [2.75, 3.05) is 0 Å². The Hall–Kier alpha value is -1.78. The van der Waals surface area contributed by atoms with E-state index in [2.05, 4.69) is 29.9 Å². The maximum Gasteiger partial charge on any atom is 0.573 e. The molecule has 0 saturated heterocycles. The van der Waals surface area contributed by atoms with Crippen molar-refractivity contribution in [3.63, 3.8) is 0 Å². The largest absolute Gasteiger partial charge is 0.573 e. The SMILES string of the molecule is CCC=CC=CC1CCC(c2ccc(OC(F)(F)F)c(F)c2)CC1. The second kappa shape index (κ2) is 8.36. The van der Waals surface area contributed by atoms with Gasteiger partial charge in [-0.05, 0) is 61.6 Å². The Bertz CT molecular complexity index is 582. The fourth-order valence-corrected chi connectivity index (χ4v) is 3.06. The zero-order valence-corrected chi connectivity index (χ0v) is 13.7. The molecule has 1 aliphatic carbocycles. The standard InChI is InChI=1S/C19H22F4O/c1-2-3-4-5-6-14-7-9-15(10-8-14)16-11-12-18(17(20)13-16)24-19(21,22)23/h3-6,11-15H,2,7-10H2,1H3. The van der Waals surface area contributed by atoms with E-state index in [4.69, 9.17) is 0 Å². The van der Waals surface area contributed by atoms with E-state index in [1.807, 2.05) is 6.08 Å². The van der Waals surface area contributed by atoms with Gasteiger partial charge in [0.15, 0.2) is 11.6 Å². The van der Waals surface area contributed by atoms with Crippen molar-refractivity contribution < 1.29 is 22.3 Å². The molecule has 24 heavy (non-hydrogen) atoms. The molecule has 0 spiro atoms. The molecule has 0 aliphatic heterocycles. The van der Waals surface area contributed by atoms with Crippen LogP contribution in [-0.4, -0.2) is 6.36 Å². The molecule has 1 fully saturated rings. The zero-order chi connectivity index (χ0) is 17.6. The van der Waals surface area contributed by atoms with Gasteiger partial charge in [-0.15, -0.1) is 13.2 Å². The number of allylic oxidation sites excluding steroid dienone is 4. The summed E-state index contributed by atoms with van der Waals surface area (Å²) in [5, 5.41) is 0. The number of hydrogen-bond donors (Lipinski definition) is 0. The van der Waals surface area contributed by atoms with Crippen LogP contribution in [0.3, 0.4) is 0 Å². The number of benzene rings is 1. The van der Waals surface area contributed by atoms with Crippen molar-refractivity contribution in [2.45, 2.75) is 51.3 Å². The highest BCUT2D eigenvalue weighted by molar-refractivity contribution is 5.31. The summed E-state index contributed by atoms with van der Waals surface area (Å²) in [6, 6.07) is 3.78. The van der Waals surface area contributed by atoms with Gasteiger partial charge in [0, 0.05) is 0 Å². The Morgan fingerprint density at radius 2 is 1.83 bits per heavy atom. The lowest BCUT2D eigenvalue weighted by molar-refractivity contribution is -0.275. The van der Waals surface area contributed by atoms with E-state index in [1.54, 1.807) is 0 Å². The molecule has 0 amide bonds. The van der Waals surface area contributed by atoms with Gasteiger partial charge in [0.25, 0.3) is 0 Å². The summed E-state index contributed by atoms with van der Waals surface area (Å²) >= 11 is 0. The van der Waals surface area contributed by atoms with E-state index in [9.17, 15) is 17.6 Å². The van der Waals surface area contributed by atoms with Crippen LogP contribution >= 0.6 is 0 Å². The molecule has 132 valence electrons. The first-order valence-corrected chi connectivity index (χ1v) is 8.27. The van der Waals surface area contributed by atoms with Crippen LogP contribution in [0.25, 0.3) is 0 Å². The first kappa shape index (κ1) is 18.6. The van der Waals surface area contributed by atoms with E-state index in [0.29, 0.717) is 5.92 Å². The fourth-order valence-electron chi connectivity index (χ4n) is 3.06. The van der Waals surface area contributed by atoms with Gasteiger partial charge in [-0.3, -0.25) is 0 Å². The first-order chi connectivity index (χ1) is 11.4. The Labute approximate surface area is 140 Å². The maximum atomic E-state index is 13.8. The number of rotatable bonds is 5. The predicted molar refractivity (Wildman–Crippen MR) is 86.4 cm³/mol. The summed E-state index contributed by atoms with van der Waals surface area (Å²) in [6.45, 7) is 2.08. The molecule has 0 N–H and O–H groups in total. The van der Waals surface area contributed by atoms with E-state index < -0.39 is 17.9 Å². The molecule has 0 heterocycles. The molecule has 0 aromatic heterocycles. The van der Waals surface area contributed by atoms with Crippen LogP contribution in [0, 0.1) is 11.7 Å². The lowest BCUT2D eigenvalue weighted by atomic mass is 9.78. The molecule has 0 atom stereocenters. The third-order valence-corrected chi connectivity index (χ3v) is 4.29. The van der Waals surface area contributed by atoms with Crippen LogP contribution in [0.2, 0.25) is 0 Å². The topological polar surface area (TPSA) is 9.23 Å². The van der Waals surface area contributed by atoms with Crippen LogP contribution in [0.5, 0.6) is 5.75 Å². The highest BCUT2D eigenvalue weighted by Gasteiger charge is 2.32. The third kappa shape index (κ3) is 5.69. The molecule has 0 bridgehead atoms. The number of hydrogen-bond acceptors (Lipinski definition) is 1. The van der Waals surface area contributed by atoms with Crippen molar-refractivity contribution >= 4 is 0 Å². The van der Waals surface area contributed by atoms with E-state index in [-0.39, 0.29) is 5.92 Å². The van der Waals surface area contributed by atoms with Crippen molar-refractivity contribution in [1.29, 1.82) is 0 Å². The van der Waals surface area contributed by atoms with Crippen LogP contribution in [0.4, 0.5) is 17.6 Å². The van der Waals surface area contributed by atoms with Gasteiger partial charge >= 0.3 is 6.36 Å². The quantitative estimate of drug-likeness (QED) is 0.437. The minimum absolute atomic E-state index is 0.190. The summed E-state index contributed by atoms with van der Waals surface area (Å²) in [5.41, 5.74) is 0.746. The van der Waals surface area contributed by atoms with Gasteiger partial charge in [0.05, 0.1) is 0 Å². The molecule has 1 saturated carbocycles. The lowest BCUT2D eigenvalue weighted by Crippen LogP contribution is -2.18. The molecule has 0 radical (unpaired) electrons. The molecule has 0 unspecified atom stereocenters. The smallest absolute Gasteiger partial charge is 0.403 e. The summed E-state index contributed by atoms with van der Waals surface area (Å²) in [5.74, 6) is -1.03.